The number of aromatic nitrogens is 3. The predicted molar refractivity (Wildman–Crippen MR) is 240 cm³/mol. The Morgan fingerprint density at radius 2 is 1.34 bits per heavy atom. The van der Waals surface area contributed by atoms with Crippen LogP contribution in [0.1, 0.15) is 50.4 Å². The number of imidazole rings is 1. The third kappa shape index (κ3) is 12.8. The molecular formula is C47H54N10O5. The first-order valence-electron chi connectivity index (χ1n) is 20.5. The van der Waals surface area contributed by atoms with Crippen LogP contribution in [0.5, 0.6) is 0 Å². The highest BCUT2D eigenvalue weighted by molar-refractivity contribution is 5.95. The van der Waals surface area contributed by atoms with E-state index in [1.165, 1.54) is 0 Å². The van der Waals surface area contributed by atoms with Gasteiger partial charge in [0, 0.05) is 60.5 Å². The molecule has 0 radical (unpaired) electrons. The van der Waals surface area contributed by atoms with E-state index in [0.29, 0.717) is 17.9 Å². The van der Waals surface area contributed by atoms with Crippen LogP contribution in [0.4, 0.5) is 4.79 Å². The Balaban J connectivity index is 1.25. The van der Waals surface area contributed by atoms with E-state index in [1.807, 2.05) is 109 Å². The predicted octanol–water partition coefficient (Wildman–Crippen LogP) is 5.24. The number of aliphatic imine (C=N–C) groups is 1. The number of carbonyl (C=O) groups excluding carboxylic acids is 4. The number of para-hydroxylation sites is 1. The normalized spacial score (nSPS) is 12.7. The number of fused-ring (bicyclic) bond motifs is 1. The molecule has 0 aliphatic heterocycles. The van der Waals surface area contributed by atoms with E-state index in [2.05, 4.69) is 41.2 Å². The van der Waals surface area contributed by atoms with Gasteiger partial charge in [-0.15, -0.1) is 0 Å². The Labute approximate surface area is 360 Å². The molecule has 0 spiro atoms. The van der Waals surface area contributed by atoms with Crippen molar-refractivity contribution in [2.45, 2.75) is 76.7 Å². The van der Waals surface area contributed by atoms with Crippen molar-refractivity contribution in [2.75, 3.05) is 6.54 Å². The summed E-state index contributed by atoms with van der Waals surface area (Å²) in [6.45, 7) is 5.63. The first-order chi connectivity index (χ1) is 29.8. The molecule has 0 saturated carbocycles. The van der Waals surface area contributed by atoms with Gasteiger partial charge in [0.1, 0.15) is 29.6 Å². The number of hydrogen-bond acceptors (Lipinski definition) is 7. The third-order valence-electron chi connectivity index (χ3n) is 9.95. The van der Waals surface area contributed by atoms with Crippen molar-refractivity contribution in [1.82, 2.24) is 36.2 Å². The second-order valence-corrected chi connectivity index (χ2v) is 15.9. The quantitative estimate of drug-likeness (QED) is 0.0323. The van der Waals surface area contributed by atoms with Crippen LogP contribution < -0.4 is 32.7 Å². The maximum Gasteiger partial charge on any atom is 0.408 e. The average Bonchev–Trinajstić information content (AvgIpc) is 3.90. The average molecular weight is 839 g/mol. The highest BCUT2D eigenvalue weighted by Crippen LogP contribution is 2.24. The molecule has 0 unspecified atom stereocenters. The molecule has 0 fully saturated rings. The molecular weight excluding hydrogens is 785 g/mol. The number of nitrogens with one attached hydrogen (secondary N) is 6. The zero-order valence-corrected chi connectivity index (χ0v) is 35.1. The molecule has 10 N–H and O–H groups in total. The van der Waals surface area contributed by atoms with Crippen molar-refractivity contribution in [2.24, 2.45) is 16.5 Å². The van der Waals surface area contributed by atoms with Crippen LogP contribution in [0.3, 0.4) is 0 Å². The Kier molecular flexibility index (Phi) is 14.7. The molecule has 3 atom stereocenters. The third-order valence-corrected chi connectivity index (χ3v) is 9.95. The lowest BCUT2D eigenvalue weighted by molar-refractivity contribution is -0.132. The molecule has 322 valence electrons. The van der Waals surface area contributed by atoms with Gasteiger partial charge in [0.2, 0.25) is 17.7 Å². The molecule has 0 aliphatic rings. The summed E-state index contributed by atoms with van der Waals surface area (Å²) in [5, 5.41) is 12.3. The van der Waals surface area contributed by atoms with Gasteiger partial charge in [0.05, 0.1) is 0 Å². The highest BCUT2D eigenvalue weighted by Gasteiger charge is 2.32. The molecule has 4 aromatic carbocycles. The van der Waals surface area contributed by atoms with Crippen molar-refractivity contribution >= 4 is 40.7 Å². The molecule has 15 nitrogen and oxygen atoms in total. The molecule has 0 aliphatic carbocycles. The number of benzene rings is 4. The van der Waals surface area contributed by atoms with Crippen LogP contribution in [-0.2, 0) is 38.5 Å². The van der Waals surface area contributed by atoms with Crippen LogP contribution in [0, 0.1) is 0 Å². The van der Waals surface area contributed by atoms with Gasteiger partial charge in [-0.2, -0.15) is 0 Å². The SMILES string of the molecule is CC(C)(C)OC(=O)N[C@@H](Cc1cnc(-c2ccc(-c3ccccc3)cc2)[nH]1)C(=O)N[C@@H](Cc1c[nH]c2ccccc12)C(=O)N[C@@H](CCCN=C(N)N)C(=O)NCc1ccccc1. The summed E-state index contributed by atoms with van der Waals surface area (Å²) in [5.41, 5.74) is 16.2. The monoisotopic (exact) mass is 838 g/mol. The fourth-order valence-corrected chi connectivity index (χ4v) is 6.89. The van der Waals surface area contributed by atoms with E-state index >= 15 is 0 Å². The van der Waals surface area contributed by atoms with E-state index in [0.717, 1.165) is 38.7 Å². The number of hydrogen-bond donors (Lipinski definition) is 8. The number of H-pyrrole nitrogens is 2. The minimum Gasteiger partial charge on any atom is -0.444 e. The Morgan fingerprint density at radius 1 is 0.726 bits per heavy atom. The minimum atomic E-state index is -1.21. The van der Waals surface area contributed by atoms with Crippen LogP contribution in [0.15, 0.2) is 127 Å². The van der Waals surface area contributed by atoms with Crippen LogP contribution in [0.25, 0.3) is 33.4 Å². The largest absolute Gasteiger partial charge is 0.444 e. The summed E-state index contributed by atoms with van der Waals surface area (Å²) in [5.74, 6) is -1.19. The van der Waals surface area contributed by atoms with Crippen LogP contribution in [0.2, 0.25) is 0 Å². The van der Waals surface area contributed by atoms with Crippen molar-refractivity contribution in [1.29, 1.82) is 0 Å². The Morgan fingerprint density at radius 3 is 2.03 bits per heavy atom. The number of rotatable bonds is 18. The highest BCUT2D eigenvalue weighted by atomic mass is 16.6. The number of nitrogens with zero attached hydrogens (tertiary/aromatic N) is 2. The maximum absolute atomic E-state index is 14.4. The fourth-order valence-electron chi connectivity index (χ4n) is 6.89. The fraction of sp³-hybridized carbons (Fsp3) is 0.277. The van der Waals surface area contributed by atoms with Crippen molar-refractivity contribution < 1.29 is 23.9 Å². The second-order valence-electron chi connectivity index (χ2n) is 15.9. The van der Waals surface area contributed by atoms with E-state index in [4.69, 9.17) is 16.2 Å². The Hall–Kier alpha value is -7.42. The summed E-state index contributed by atoms with van der Waals surface area (Å²) in [6, 6.07) is 31.5. The van der Waals surface area contributed by atoms with Crippen LogP contribution >= 0.6 is 0 Å². The first kappa shape index (κ1) is 44.1. The maximum atomic E-state index is 14.4. The molecule has 6 rings (SSSR count). The number of ether oxygens (including phenoxy) is 1. The molecule has 2 aromatic heterocycles. The van der Waals surface area contributed by atoms with Gasteiger partial charge in [0.15, 0.2) is 5.96 Å². The standard InChI is InChI=1S/C47H54N10O5/c1-47(2,3)62-46(61)57-40(26-35-29-52-41(54-35)33-22-20-32(21-23-33)31-15-8-5-9-16-31)44(60)56-39(25-34-28-51-37-18-11-10-17-36(34)37)43(59)55-38(19-12-24-50-45(48)49)42(58)53-27-30-13-6-4-7-14-30/h4-11,13-18,20-23,28-29,38-40,51H,12,19,24-27H2,1-3H3,(H,52,54)(H,53,58)(H,55,59)(H,56,60)(H,57,61)(H4,48,49,50)/t38-,39-,40-/m0/s1. The van der Waals surface area contributed by atoms with Crippen LogP contribution in [-0.4, -0.2) is 75.0 Å². The molecule has 4 amide bonds. The number of nitrogens with two attached hydrogens (primary N) is 2. The van der Waals surface area contributed by atoms with Gasteiger partial charge in [-0.05, 0) is 61.9 Å². The number of amides is 4. The smallest absolute Gasteiger partial charge is 0.408 e. The van der Waals surface area contributed by atoms with Crippen molar-refractivity contribution in [3.05, 3.63) is 138 Å². The van der Waals surface area contributed by atoms with Crippen molar-refractivity contribution in [3.63, 3.8) is 0 Å². The summed E-state index contributed by atoms with van der Waals surface area (Å²) >= 11 is 0. The molecule has 2 heterocycles. The number of carbonyl (C=O) groups is 4. The van der Waals surface area contributed by atoms with Crippen molar-refractivity contribution in [3.8, 4) is 22.5 Å². The van der Waals surface area contributed by atoms with Gasteiger partial charge in [0.25, 0.3) is 0 Å². The molecule has 6 aromatic rings. The van der Waals surface area contributed by atoms with Gasteiger partial charge in [-0.1, -0.05) is 103 Å². The van der Waals surface area contributed by atoms with E-state index in [9.17, 15) is 19.2 Å². The topological polar surface area (TPSA) is 234 Å². The number of guanidine groups is 1. The molecule has 0 bridgehead atoms. The Bertz CT molecular complexity index is 2450. The van der Waals surface area contributed by atoms with Gasteiger partial charge in [-0.3, -0.25) is 19.4 Å². The lowest BCUT2D eigenvalue weighted by Gasteiger charge is -2.26. The van der Waals surface area contributed by atoms with E-state index in [-0.39, 0.29) is 38.3 Å². The van der Waals surface area contributed by atoms with Gasteiger partial charge in [-0.25, -0.2) is 9.78 Å². The lowest BCUT2D eigenvalue weighted by Crippen LogP contribution is -2.58. The summed E-state index contributed by atoms with van der Waals surface area (Å²) in [7, 11) is 0. The molecule has 0 saturated heterocycles. The summed E-state index contributed by atoms with van der Waals surface area (Å²) in [6.07, 6.45) is 3.20. The lowest BCUT2D eigenvalue weighted by atomic mass is 10.0. The minimum absolute atomic E-state index is 0.0170. The zero-order chi connectivity index (χ0) is 44.1. The zero-order valence-electron chi connectivity index (χ0n) is 35.1. The molecule has 62 heavy (non-hydrogen) atoms. The molecule has 15 heteroatoms. The summed E-state index contributed by atoms with van der Waals surface area (Å²) < 4.78 is 5.55. The number of alkyl carbamates (subject to hydrolysis) is 1. The number of aromatic amines is 2. The van der Waals surface area contributed by atoms with Gasteiger partial charge >= 0.3 is 6.09 Å². The van der Waals surface area contributed by atoms with E-state index in [1.54, 1.807) is 33.2 Å². The van der Waals surface area contributed by atoms with E-state index < -0.39 is 47.5 Å². The first-order valence-corrected chi connectivity index (χ1v) is 20.5. The summed E-state index contributed by atoms with van der Waals surface area (Å²) in [4.78, 5) is 70.9. The van der Waals surface area contributed by atoms with Gasteiger partial charge < -0.3 is 47.4 Å². The second kappa shape index (κ2) is 20.7.